The number of rotatable bonds is 2. The van der Waals surface area contributed by atoms with E-state index in [1.807, 2.05) is 0 Å². The largest absolute Gasteiger partial charge is 0.399 e. The average Bonchev–Trinajstić information content (AvgIpc) is 2.39. The number of benzene rings is 1. The van der Waals surface area contributed by atoms with Crippen molar-refractivity contribution in [1.82, 2.24) is 4.90 Å². The molecule has 1 amide bonds. The summed E-state index contributed by atoms with van der Waals surface area (Å²) in [6.07, 6.45) is 2.08. The highest BCUT2D eigenvalue weighted by molar-refractivity contribution is 7.90. The van der Waals surface area contributed by atoms with E-state index in [9.17, 15) is 13.2 Å². The van der Waals surface area contributed by atoms with Gasteiger partial charge in [0.1, 0.15) is 0 Å². The number of nitrogens with two attached hydrogens (primary N) is 1. The van der Waals surface area contributed by atoms with Gasteiger partial charge in [0.05, 0.1) is 4.90 Å². The molecule has 6 heteroatoms. The van der Waals surface area contributed by atoms with E-state index >= 15 is 0 Å². The minimum atomic E-state index is -3.38. The van der Waals surface area contributed by atoms with Crippen LogP contribution in [0, 0.1) is 11.8 Å². The van der Waals surface area contributed by atoms with Crippen molar-refractivity contribution < 1.29 is 13.2 Å². The van der Waals surface area contributed by atoms with Crippen molar-refractivity contribution in [3.63, 3.8) is 0 Å². The van der Waals surface area contributed by atoms with Crippen LogP contribution in [0.4, 0.5) is 5.69 Å². The standard InChI is InChI=1S/C15H22N2O3S/c1-10-4-5-17(9-11(10)2)15(18)12-6-13(16)8-14(7-12)21(3,19)20/h6-8,10-11H,4-5,9,16H2,1-3H3. The Labute approximate surface area is 126 Å². The van der Waals surface area contributed by atoms with Gasteiger partial charge in [-0.25, -0.2) is 8.42 Å². The topological polar surface area (TPSA) is 80.5 Å². The van der Waals surface area contributed by atoms with Gasteiger partial charge in [0.25, 0.3) is 5.91 Å². The molecular weight excluding hydrogens is 288 g/mol. The molecular formula is C15H22N2O3S. The van der Waals surface area contributed by atoms with Crippen LogP contribution < -0.4 is 5.73 Å². The molecule has 0 aromatic heterocycles. The molecule has 0 aliphatic carbocycles. The highest BCUT2D eigenvalue weighted by Gasteiger charge is 2.27. The van der Waals surface area contributed by atoms with Crippen LogP contribution in [0.15, 0.2) is 23.1 Å². The molecule has 2 unspecified atom stereocenters. The number of carbonyl (C=O) groups is 1. The number of nitrogens with zero attached hydrogens (tertiary/aromatic N) is 1. The van der Waals surface area contributed by atoms with Crippen LogP contribution >= 0.6 is 0 Å². The third-order valence-electron chi connectivity index (χ3n) is 4.23. The Kier molecular flexibility index (Phi) is 4.27. The smallest absolute Gasteiger partial charge is 0.253 e. The number of sulfone groups is 1. The molecule has 5 nitrogen and oxygen atoms in total. The first-order valence-electron chi connectivity index (χ1n) is 7.08. The first-order chi connectivity index (χ1) is 9.68. The SMILES string of the molecule is CC1CCN(C(=O)c2cc(N)cc(S(C)(=O)=O)c2)CC1C. The maximum absolute atomic E-state index is 12.6. The normalized spacial score (nSPS) is 23.1. The molecule has 2 N–H and O–H groups in total. The van der Waals surface area contributed by atoms with Crippen molar-refractivity contribution in [1.29, 1.82) is 0 Å². The lowest BCUT2D eigenvalue weighted by Gasteiger charge is -2.35. The second kappa shape index (κ2) is 5.67. The number of amides is 1. The van der Waals surface area contributed by atoms with Crippen LogP contribution in [0.2, 0.25) is 0 Å². The molecule has 1 aromatic carbocycles. The van der Waals surface area contributed by atoms with Gasteiger partial charge in [0.2, 0.25) is 0 Å². The summed E-state index contributed by atoms with van der Waals surface area (Å²) < 4.78 is 23.3. The Balaban J connectivity index is 2.30. The second-order valence-electron chi connectivity index (χ2n) is 6.06. The zero-order chi connectivity index (χ0) is 15.8. The van der Waals surface area contributed by atoms with Crippen LogP contribution in [-0.4, -0.2) is 38.6 Å². The molecule has 0 spiro atoms. The summed E-state index contributed by atoms with van der Waals surface area (Å²) in [5, 5.41) is 0. The van der Waals surface area contributed by atoms with Gasteiger partial charge in [-0.2, -0.15) is 0 Å². The third-order valence-corrected chi connectivity index (χ3v) is 5.32. The van der Waals surface area contributed by atoms with Crippen LogP contribution in [-0.2, 0) is 9.84 Å². The van der Waals surface area contributed by atoms with Crippen molar-refractivity contribution in [3.05, 3.63) is 23.8 Å². The van der Waals surface area contributed by atoms with Gasteiger partial charge in [-0.15, -0.1) is 0 Å². The highest BCUT2D eigenvalue weighted by atomic mass is 32.2. The average molecular weight is 310 g/mol. The molecule has 2 atom stereocenters. The number of hydrogen-bond donors (Lipinski definition) is 1. The van der Waals surface area contributed by atoms with E-state index in [4.69, 9.17) is 5.73 Å². The van der Waals surface area contributed by atoms with Crippen molar-refractivity contribution >= 4 is 21.4 Å². The molecule has 1 saturated heterocycles. The third kappa shape index (κ3) is 3.56. The lowest BCUT2D eigenvalue weighted by atomic mass is 9.88. The monoisotopic (exact) mass is 310 g/mol. The molecule has 2 rings (SSSR count). The summed E-state index contributed by atoms with van der Waals surface area (Å²) in [5.41, 5.74) is 6.37. The molecule has 1 aliphatic rings. The minimum absolute atomic E-state index is 0.0873. The summed E-state index contributed by atoms with van der Waals surface area (Å²) in [5.74, 6) is 0.894. The molecule has 1 aliphatic heterocycles. The van der Waals surface area contributed by atoms with Crippen LogP contribution in [0.25, 0.3) is 0 Å². The molecule has 0 radical (unpaired) electrons. The van der Waals surface area contributed by atoms with Gasteiger partial charge in [0, 0.05) is 30.6 Å². The zero-order valence-electron chi connectivity index (χ0n) is 12.7. The van der Waals surface area contributed by atoms with Crippen LogP contribution in [0.5, 0.6) is 0 Å². The number of anilines is 1. The molecule has 1 fully saturated rings. The molecule has 1 heterocycles. The maximum atomic E-state index is 12.6. The number of carbonyl (C=O) groups excluding carboxylic acids is 1. The van der Waals surface area contributed by atoms with E-state index in [0.29, 0.717) is 36.2 Å². The fraction of sp³-hybridized carbons (Fsp3) is 0.533. The van der Waals surface area contributed by atoms with E-state index < -0.39 is 9.84 Å². The minimum Gasteiger partial charge on any atom is -0.399 e. The van der Waals surface area contributed by atoms with E-state index in [2.05, 4.69) is 13.8 Å². The van der Waals surface area contributed by atoms with E-state index in [1.54, 1.807) is 11.0 Å². The molecule has 116 valence electrons. The van der Waals surface area contributed by atoms with Crippen molar-refractivity contribution in [2.45, 2.75) is 25.2 Å². The van der Waals surface area contributed by atoms with Crippen molar-refractivity contribution in [2.24, 2.45) is 11.8 Å². The van der Waals surface area contributed by atoms with E-state index in [-0.39, 0.29) is 10.8 Å². The van der Waals surface area contributed by atoms with Gasteiger partial charge in [-0.05, 0) is 36.5 Å². The molecule has 0 saturated carbocycles. The fourth-order valence-corrected chi connectivity index (χ4v) is 3.28. The van der Waals surface area contributed by atoms with Gasteiger partial charge < -0.3 is 10.6 Å². The fourth-order valence-electron chi connectivity index (χ4n) is 2.59. The molecule has 21 heavy (non-hydrogen) atoms. The highest BCUT2D eigenvalue weighted by Crippen LogP contribution is 2.25. The van der Waals surface area contributed by atoms with Gasteiger partial charge in [0.15, 0.2) is 9.84 Å². The predicted molar refractivity (Wildman–Crippen MR) is 82.8 cm³/mol. The number of hydrogen-bond acceptors (Lipinski definition) is 4. The second-order valence-corrected chi connectivity index (χ2v) is 8.07. The Hall–Kier alpha value is -1.56. The van der Waals surface area contributed by atoms with E-state index in [0.717, 1.165) is 12.7 Å². The lowest BCUT2D eigenvalue weighted by molar-refractivity contribution is 0.0627. The summed E-state index contributed by atoms with van der Waals surface area (Å²) in [6.45, 7) is 5.72. The lowest BCUT2D eigenvalue weighted by Crippen LogP contribution is -2.42. The Morgan fingerprint density at radius 3 is 2.48 bits per heavy atom. The maximum Gasteiger partial charge on any atom is 0.253 e. The van der Waals surface area contributed by atoms with Crippen molar-refractivity contribution in [2.75, 3.05) is 25.1 Å². The first kappa shape index (κ1) is 15.8. The summed E-state index contributed by atoms with van der Waals surface area (Å²) in [7, 11) is -3.38. The molecule has 0 bridgehead atoms. The van der Waals surface area contributed by atoms with Crippen LogP contribution in [0.3, 0.4) is 0 Å². The van der Waals surface area contributed by atoms with Gasteiger partial charge >= 0.3 is 0 Å². The van der Waals surface area contributed by atoms with Gasteiger partial charge in [-0.1, -0.05) is 13.8 Å². The zero-order valence-corrected chi connectivity index (χ0v) is 13.5. The Morgan fingerprint density at radius 2 is 1.90 bits per heavy atom. The quantitative estimate of drug-likeness (QED) is 0.845. The van der Waals surface area contributed by atoms with E-state index in [1.165, 1.54) is 12.1 Å². The van der Waals surface area contributed by atoms with Gasteiger partial charge in [-0.3, -0.25) is 4.79 Å². The summed E-state index contributed by atoms with van der Waals surface area (Å²) >= 11 is 0. The Morgan fingerprint density at radius 1 is 1.24 bits per heavy atom. The predicted octanol–water partition coefficient (Wildman–Crippen LogP) is 1.79. The number of likely N-dealkylation sites (tertiary alicyclic amines) is 1. The molecule has 1 aromatic rings. The first-order valence-corrected chi connectivity index (χ1v) is 8.97. The number of nitrogen functional groups attached to an aromatic ring is 1. The Bertz CT molecular complexity index is 655. The summed E-state index contributed by atoms with van der Waals surface area (Å²) in [4.78, 5) is 14.4. The van der Waals surface area contributed by atoms with Crippen molar-refractivity contribution in [3.8, 4) is 0 Å². The van der Waals surface area contributed by atoms with Crippen LogP contribution in [0.1, 0.15) is 30.6 Å². The number of piperidine rings is 1. The summed E-state index contributed by atoms with van der Waals surface area (Å²) in [6, 6.07) is 4.34.